The standard InChI is InChI=1S/C27H52O7Si4/c1-35-33-38(3,15-12-21-6-9-24-27(18-21)30-24)34-37(2,14-11-20-5-8-23-26(17-20)29-23)32-31-36-13-10-19-4-7-22-25(16-19)28-22/h19-27H,4-18,35-36H2,1-3H3. The maximum absolute atomic E-state index is 7.13. The second-order valence-corrected chi connectivity index (χ2v) is 23.2. The van der Waals surface area contributed by atoms with Gasteiger partial charge in [0, 0.05) is 0 Å². The van der Waals surface area contributed by atoms with Gasteiger partial charge in [0.25, 0.3) is 0 Å². The highest BCUT2D eigenvalue weighted by molar-refractivity contribution is 6.81. The summed E-state index contributed by atoms with van der Waals surface area (Å²) in [7, 11) is -6.10. The number of hydrogen-bond donors (Lipinski definition) is 0. The van der Waals surface area contributed by atoms with E-state index in [9.17, 15) is 0 Å². The van der Waals surface area contributed by atoms with Crippen molar-refractivity contribution in [2.45, 2.75) is 151 Å². The van der Waals surface area contributed by atoms with E-state index < -0.39 is 36.6 Å². The summed E-state index contributed by atoms with van der Waals surface area (Å²) in [6, 6.07) is 3.27. The summed E-state index contributed by atoms with van der Waals surface area (Å²) in [5.74, 6) is 2.32. The van der Waals surface area contributed by atoms with Crippen molar-refractivity contribution in [1.29, 1.82) is 0 Å². The fourth-order valence-electron chi connectivity index (χ4n) is 7.80. The lowest BCUT2D eigenvalue weighted by molar-refractivity contribution is -0.129. The van der Waals surface area contributed by atoms with E-state index >= 15 is 0 Å². The molecule has 11 unspecified atom stereocenters. The smallest absolute Gasteiger partial charge is 0.361 e. The van der Waals surface area contributed by atoms with Crippen LogP contribution in [0.25, 0.3) is 0 Å². The molecule has 0 spiro atoms. The van der Waals surface area contributed by atoms with Gasteiger partial charge in [-0.1, -0.05) is 13.0 Å². The monoisotopic (exact) mass is 600 g/mol. The van der Waals surface area contributed by atoms with Crippen LogP contribution in [0, 0.1) is 17.8 Å². The van der Waals surface area contributed by atoms with Crippen LogP contribution in [0.4, 0.5) is 0 Å². The molecule has 0 aromatic carbocycles. The molecule has 0 aromatic heterocycles. The van der Waals surface area contributed by atoms with Crippen LogP contribution in [0.5, 0.6) is 0 Å². The Labute approximate surface area is 237 Å². The first-order valence-corrected chi connectivity index (χ1v) is 24.6. The molecule has 38 heavy (non-hydrogen) atoms. The molecule has 0 aromatic rings. The summed E-state index contributed by atoms with van der Waals surface area (Å²) in [6.45, 7) is 6.82. The summed E-state index contributed by atoms with van der Waals surface area (Å²) in [4.78, 5) is 0. The van der Waals surface area contributed by atoms with Crippen molar-refractivity contribution in [1.82, 2.24) is 0 Å². The van der Waals surface area contributed by atoms with E-state index in [4.69, 9.17) is 31.6 Å². The van der Waals surface area contributed by atoms with Gasteiger partial charge in [0.05, 0.1) is 36.6 Å². The maximum Gasteiger partial charge on any atom is 0.361 e. The van der Waals surface area contributed by atoms with Crippen molar-refractivity contribution in [2.75, 3.05) is 0 Å². The predicted octanol–water partition coefficient (Wildman–Crippen LogP) is 4.62. The Balaban J connectivity index is 1.00. The molecule has 3 saturated heterocycles. The minimum atomic E-state index is -2.51. The summed E-state index contributed by atoms with van der Waals surface area (Å²) < 4.78 is 43.6. The normalized spacial score (nSPS) is 42.9. The zero-order valence-electron chi connectivity index (χ0n) is 24.1. The molecule has 11 atom stereocenters. The van der Waals surface area contributed by atoms with Crippen LogP contribution < -0.4 is 0 Å². The van der Waals surface area contributed by atoms with Gasteiger partial charge in [0.15, 0.2) is 0 Å². The Hall–Kier alpha value is 0.588. The van der Waals surface area contributed by atoms with E-state index in [1.54, 1.807) is 0 Å². The van der Waals surface area contributed by atoms with E-state index in [1.807, 2.05) is 0 Å². The molecule has 3 aliphatic carbocycles. The largest absolute Gasteiger partial charge is 0.442 e. The van der Waals surface area contributed by atoms with E-state index in [0.29, 0.717) is 36.6 Å². The van der Waals surface area contributed by atoms with Gasteiger partial charge in [-0.05, 0) is 120 Å². The van der Waals surface area contributed by atoms with Crippen LogP contribution in [-0.4, -0.2) is 73.3 Å². The van der Waals surface area contributed by atoms with E-state index in [2.05, 4.69) is 19.6 Å². The third-order valence-electron chi connectivity index (χ3n) is 10.3. The number of ether oxygens (including phenoxy) is 3. The number of epoxide rings is 3. The molecule has 3 aliphatic heterocycles. The molecule has 6 aliphatic rings. The van der Waals surface area contributed by atoms with E-state index in [-0.39, 0.29) is 0 Å². The van der Waals surface area contributed by atoms with Gasteiger partial charge in [-0.25, -0.2) is 0 Å². The van der Waals surface area contributed by atoms with Crippen LogP contribution in [0.1, 0.15) is 77.0 Å². The first-order valence-electron chi connectivity index (χ1n) is 16.0. The molecule has 3 saturated carbocycles. The lowest BCUT2D eigenvalue weighted by atomic mass is 9.88. The van der Waals surface area contributed by atoms with Crippen LogP contribution in [0.2, 0.25) is 37.8 Å². The minimum Gasteiger partial charge on any atom is -0.442 e. The molecular weight excluding hydrogens is 549 g/mol. The first-order chi connectivity index (χ1) is 18.4. The number of hydrogen-bond acceptors (Lipinski definition) is 7. The second kappa shape index (κ2) is 12.4. The quantitative estimate of drug-likeness (QED) is 0.0842. The zero-order valence-corrected chi connectivity index (χ0v) is 28.9. The molecule has 218 valence electrons. The van der Waals surface area contributed by atoms with Crippen molar-refractivity contribution in [3.8, 4) is 0 Å². The molecule has 0 radical (unpaired) electrons. The molecule has 0 amide bonds. The summed E-state index contributed by atoms with van der Waals surface area (Å²) >= 11 is 0. The Bertz CT molecular complexity index is 797. The average Bonchev–Trinajstić information content (AvgIpc) is 3.78. The van der Waals surface area contributed by atoms with E-state index in [0.717, 1.165) is 29.8 Å². The van der Waals surface area contributed by atoms with Gasteiger partial charge in [-0.15, -0.1) is 0 Å². The van der Waals surface area contributed by atoms with Crippen LogP contribution in [0.3, 0.4) is 0 Å². The Morgan fingerprint density at radius 1 is 0.658 bits per heavy atom. The van der Waals surface area contributed by atoms with Crippen molar-refractivity contribution in [3.05, 3.63) is 0 Å². The highest BCUT2D eigenvalue weighted by Crippen LogP contribution is 2.44. The summed E-state index contributed by atoms with van der Waals surface area (Å²) in [5.41, 5.74) is 0. The van der Waals surface area contributed by atoms with Crippen molar-refractivity contribution in [3.63, 3.8) is 0 Å². The maximum atomic E-state index is 7.13. The van der Waals surface area contributed by atoms with E-state index in [1.165, 1.54) is 83.1 Å². The number of fused-ring (bicyclic) bond motifs is 3. The van der Waals surface area contributed by atoms with Gasteiger partial charge in [-0.3, -0.25) is 4.58 Å². The Morgan fingerprint density at radius 2 is 1.16 bits per heavy atom. The molecule has 3 heterocycles. The summed E-state index contributed by atoms with van der Waals surface area (Å²) in [5, 5.41) is 0. The molecule has 0 N–H and O–H groups in total. The average molecular weight is 601 g/mol. The predicted molar refractivity (Wildman–Crippen MR) is 157 cm³/mol. The van der Waals surface area contributed by atoms with Crippen LogP contribution >= 0.6 is 0 Å². The molecule has 11 heteroatoms. The fraction of sp³-hybridized carbons (Fsp3) is 1.00. The molecular formula is C27H52O7Si4. The SMILES string of the molecule is C[SiH2]O[Si](C)(CCC1CCC2OC2C1)O[Si](C)(CCC1CCC2OC2C1)OO[SiH2]CCC1CCC2OC2C1. The number of rotatable bonds is 16. The summed E-state index contributed by atoms with van der Waals surface area (Å²) in [6.07, 6.45) is 18.4. The third kappa shape index (κ3) is 7.90. The van der Waals surface area contributed by atoms with Gasteiger partial charge in [-0.2, -0.15) is 0 Å². The lowest BCUT2D eigenvalue weighted by Crippen LogP contribution is -2.53. The van der Waals surface area contributed by atoms with Gasteiger partial charge >= 0.3 is 17.1 Å². The molecule has 6 rings (SSSR count). The molecule has 7 nitrogen and oxygen atoms in total. The van der Waals surface area contributed by atoms with Gasteiger partial charge < -0.3 is 27.0 Å². The topological polar surface area (TPSA) is 74.5 Å². The third-order valence-corrected chi connectivity index (χ3v) is 21.4. The zero-order chi connectivity index (χ0) is 26.2. The second-order valence-electron chi connectivity index (χ2n) is 13.6. The van der Waals surface area contributed by atoms with Crippen LogP contribution in [0.15, 0.2) is 0 Å². The van der Waals surface area contributed by atoms with Gasteiger partial charge in [0.1, 0.15) is 9.76 Å². The lowest BCUT2D eigenvalue weighted by Gasteiger charge is -2.38. The highest BCUT2D eigenvalue weighted by Gasteiger charge is 2.48. The van der Waals surface area contributed by atoms with Crippen molar-refractivity contribution in [2.24, 2.45) is 17.8 Å². The highest BCUT2D eigenvalue weighted by atomic mass is 28.5. The Kier molecular flexibility index (Phi) is 9.40. The molecule has 6 fully saturated rings. The molecule has 0 bridgehead atoms. The van der Waals surface area contributed by atoms with Crippen molar-refractivity contribution >= 4 is 36.6 Å². The van der Waals surface area contributed by atoms with Crippen molar-refractivity contribution < 1.29 is 31.6 Å². The van der Waals surface area contributed by atoms with Gasteiger partial charge in [0.2, 0.25) is 9.76 Å². The fourth-order valence-corrected chi connectivity index (χ4v) is 20.3. The first kappa shape index (κ1) is 28.7. The Morgan fingerprint density at radius 3 is 1.66 bits per heavy atom. The van der Waals surface area contributed by atoms with Crippen LogP contribution in [-0.2, 0) is 31.6 Å². The minimum absolute atomic E-state index is 0.530.